The van der Waals surface area contributed by atoms with Gasteiger partial charge in [-0.1, -0.05) is 0 Å². The van der Waals surface area contributed by atoms with Crippen molar-refractivity contribution in [1.29, 1.82) is 0 Å². The van der Waals surface area contributed by atoms with E-state index in [9.17, 15) is 33.5 Å². The Hall–Kier alpha value is -4.72. The van der Waals surface area contributed by atoms with Gasteiger partial charge in [0.25, 0.3) is 0 Å². The average Bonchev–Trinajstić information content (AvgIpc) is 2.89. The molecule has 1 fully saturated rings. The fourth-order valence-electron chi connectivity index (χ4n) is 4.00. The zero-order valence-electron chi connectivity index (χ0n) is 23.1. The van der Waals surface area contributed by atoms with Crippen LogP contribution < -0.4 is 9.47 Å². The molecule has 0 aliphatic carbocycles. The molecule has 0 saturated carbocycles. The molecule has 0 bridgehead atoms. The molecule has 1 saturated heterocycles. The molecule has 13 nitrogen and oxygen atoms in total. The predicted molar refractivity (Wildman–Crippen MR) is 137 cm³/mol. The first-order chi connectivity index (χ1) is 19.8. The minimum Gasteiger partial charge on any atom is -0.507 e. The Morgan fingerprint density at radius 2 is 1.36 bits per heavy atom. The van der Waals surface area contributed by atoms with Gasteiger partial charge in [0.15, 0.2) is 18.8 Å². The highest BCUT2D eigenvalue weighted by molar-refractivity contribution is 5.99. The number of hydrogen-bond donors (Lipinski definition) is 1. The minimum atomic E-state index is -1.53. The van der Waals surface area contributed by atoms with Crippen LogP contribution >= 0.6 is 0 Å². The molecule has 0 aromatic heterocycles. The summed E-state index contributed by atoms with van der Waals surface area (Å²) in [6, 6.07) is 8.64. The number of esters is 4. The van der Waals surface area contributed by atoms with Crippen LogP contribution in [-0.4, -0.2) is 78.7 Å². The number of rotatable bonds is 11. The molecule has 0 unspecified atom stereocenters. The highest BCUT2D eigenvalue weighted by Gasteiger charge is 2.53. The first kappa shape index (κ1) is 31.8. The number of ether oxygens (including phenoxy) is 7. The van der Waals surface area contributed by atoms with Crippen LogP contribution in [0.3, 0.4) is 0 Å². The van der Waals surface area contributed by atoms with Gasteiger partial charge in [-0.15, -0.1) is 0 Å². The lowest BCUT2D eigenvalue weighted by molar-refractivity contribution is -0.288. The Bertz CT molecular complexity index is 1310. The molecule has 1 aliphatic rings. The molecule has 0 radical (unpaired) electrons. The summed E-state index contributed by atoms with van der Waals surface area (Å²) >= 11 is 0. The van der Waals surface area contributed by atoms with Gasteiger partial charge in [-0.05, 0) is 36.4 Å². The summed E-state index contributed by atoms with van der Waals surface area (Å²) in [6.07, 6.45) is -7.08. The molecule has 3 rings (SSSR count). The highest BCUT2D eigenvalue weighted by atomic mass is 19.1. The molecule has 42 heavy (non-hydrogen) atoms. The SMILES string of the molecule is CC(=O)OC[C@@H]1O[C@H](Oc2ccc(C(=O)COc3ccc(F)cc3)c(O)c2)[C@@H](OC(C)=O)[C@H](OC(C)=O)[C@H]1OC(C)=O. The van der Waals surface area contributed by atoms with E-state index in [4.69, 9.17) is 33.2 Å². The third kappa shape index (κ3) is 8.89. The van der Waals surface area contributed by atoms with Crippen LogP contribution in [0.25, 0.3) is 0 Å². The number of carbonyl (C=O) groups is 5. The number of ketones is 1. The van der Waals surface area contributed by atoms with E-state index in [-0.39, 0.29) is 17.1 Å². The van der Waals surface area contributed by atoms with Crippen LogP contribution in [0.1, 0.15) is 38.1 Å². The van der Waals surface area contributed by atoms with Gasteiger partial charge in [0.2, 0.25) is 18.2 Å². The van der Waals surface area contributed by atoms with Gasteiger partial charge < -0.3 is 38.3 Å². The van der Waals surface area contributed by atoms with Gasteiger partial charge in [0.1, 0.15) is 35.8 Å². The predicted octanol–water partition coefficient (Wildman–Crippen LogP) is 2.25. The molecule has 1 aliphatic heterocycles. The van der Waals surface area contributed by atoms with Crippen LogP contribution in [-0.2, 0) is 42.9 Å². The number of phenols is 1. The van der Waals surface area contributed by atoms with Crippen molar-refractivity contribution in [2.75, 3.05) is 13.2 Å². The summed E-state index contributed by atoms with van der Waals surface area (Å²) in [7, 11) is 0. The van der Waals surface area contributed by atoms with E-state index >= 15 is 0 Å². The Morgan fingerprint density at radius 3 is 1.93 bits per heavy atom. The molecule has 5 atom stereocenters. The lowest BCUT2D eigenvalue weighted by Crippen LogP contribution is -2.63. The van der Waals surface area contributed by atoms with E-state index in [0.717, 1.165) is 45.9 Å². The molecule has 0 spiro atoms. The molecule has 1 heterocycles. The van der Waals surface area contributed by atoms with Gasteiger partial charge in [-0.2, -0.15) is 0 Å². The maximum Gasteiger partial charge on any atom is 0.303 e. The summed E-state index contributed by atoms with van der Waals surface area (Å²) in [5, 5.41) is 10.5. The molecule has 226 valence electrons. The van der Waals surface area contributed by atoms with Gasteiger partial charge in [0.05, 0.1) is 5.56 Å². The number of hydrogen-bond acceptors (Lipinski definition) is 13. The van der Waals surface area contributed by atoms with Crippen molar-refractivity contribution in [3.63, 3.8) is 0 Å². The second kappa shape index (κ2) is 14.3. The lowest BCUT2D eigenvalue weighted by atomic mass is 9.98. The van der Waals surface area contributed by atoms with Crippen molar-refractivity contribution in [3.05, 3.63) is 53.8 Å². The van der Waals surface area contributed by atoms with E-state index in [1.807, 2.05) is 0 Å². The normalized spacial score (nSPS) is 21.4. The fraction of sp³-hybridized carbons (Fsp3) is 0.393. The number of benzene rings is 2. The number of aromatic hydroxyl groups is 1. The molecule has 2 aromatic carbocycles. The molecular weight excluding hydrogens is 563 g/mol. The zero-order chi connectivity index (χ0) is 31.0. The molecular formula is C28H29FO13. The first-order valence-corrected chi connectivity index (χ1v) is 12.6. The maximum absolute atomic E-state index is 13.1. The first-order valence-electron chi connectivity index (χ1n) is 12.6. The molecule has 1 N–H and O–H groups in total. The lowest BCUT2D eigenvalue weighted by Gasteiger charge is -2.43. The number of Topliss-reactive ketones (excluding diaryl/α,β-unsaturated/α-hetero) is 1. The Morgan fingerprint density at radius 1 is 0.786 bits per heavy atom. The van der Waals surface area contributed by atoms with Crippen LogP contribution in [0.4, 0.5) is 4.39 Å². The van der Waals surface area contributed by atoms with Crippen molar-refractivity contribution < 1.29 is 66.6 Å². The number of phenolic OH excluding ortho intramolecular Hbond substituents is 1. The van der Waals surface area contributed by atoms with Crippen LogP contribution in [0.5, 0.6) is 17.2 Å². The third-order valence-electron chi connectivity index (χ3n) is 5.65. The maximum atomic E-state index is 13.1. The third-order valence-corrected chi connectivity index (χ3v) is 5.65. The van der Waals surface area contributed by atoms with Crippen molar-refractivity contribution in [3.8, 4) is 17.2 Å². The number of halogens is 1. The van der Waals surface area contributed by atoms with E-state index < -0.39 is 85.1 Å². The van der Waals surface area contributed by atoms with Crippen molar-refractivity contribution in [1.82, 2.24) is 0 Å². The highest BCUT2D eigenvalue weighted by Crippen LogP contribution is 2.32. The van der Waals surface area contributed by atoms with E-state index in [2.05, 4.69) is 0 Å². The van der Waals surface area contributed by atoms with E-state index in [0.29, 0.717) is 0 Å². The summed E-state index contributed by atoms with van der Waals surface area (Å²) < 4.78 is 51.1. The Balaban J connectivity index is 1.86. The topological polar surface area (TPSA) is 170 Å². The summed E-state index contributed by atoms with van der Waals surface area (Å²) in [6.45, 7) is 3.47. The number of carbonyl (C=O) groups excluding carboxylic acids is 5. The van der Waals surface area contributed by atoms with E-state index in [1.165, 1.54) is 24.3 Å². The second-order valence-corrected chi connectivity index (χ2v) is 9.03. The minimum absolute atomic E-state index is 0.0654. The van der Waals surface area contributed by atoms with Crippen LogP contribution in [0, 0.1) is 5.82 Å². The van der Waals surface area contributed by atoms with Crippen LogP contribution in [0.15, 0.2) is 42.5 Å². The molecule has 14 heteroatoms. The smallest absolute Gasteiger partial charge is 0.303 e. The average molecular weight is 593 g/mol. The quantitative estimate of drug-likeness (QED) is 0.229. The second-order valence-electron chi connectivity index (χ2n) is 9.03. The Labute approximate surface area is 239 Å². The monoisotopic (exact) mass is 592 g/mol. The zero-order valence-corrected chi connectivity index (χ0v) is 23.1. The Kier molecular flexibility index (Phi) is 10.8. The largest absolute Gasteiger partial charge is 0.507 e. The van der Waals surface area contributed by atoms with E-state index in [1.54, 1.807) is 0 Å². The van der Waals surface area contributed by atoms with Gasteiger partial charge in [-0.3, -0.25) is 24.0 Å². The van der Waals surface area contributed by atoms with Crippen molar-refractivity contribution >= 4 is 29.7 Å². The summed E-state index contributed by atoms with van der Waals surface area (Å²) in [4.78, 5) is 59.8. The summed E-state index contributed by atoms with van der Waals surface area (Å²) in [5.41, 5.74) is -0.119. The molecule has 2 aromatic rings. The standard InChI is InChI=1S/C28H29FO13/c1-14(30)36-13-24-25(38-15(2)31)26(39-16(3)32)27(40-17(4)33)28(42-24)41-20-9-10-21(22(34)11-20)23(35)12-37-19-7-5-18(29)6-8-19/h5-11,24-28,34H,12-13H2,1-4H3/t24-,25-,26+,27-,28-/m0/s1. The van der Waals surface area contributed by atoms with Crippen molar-refractivity contribution in [2.24, 2.45) is 0 Å². The molecule has 0 amide bonds. The van der Waals surface area contributed by atoms with Gasteiger partial charge >= 0.3 is 23.9 Å². The van der Waals surface area contributed by atoms with Crippen LogP contribution in [0.2, 0.25) is 0 Å². The fourth-order valence-corrected chi connectivity index (χ4v) is 4.00. The van der Waals surface area contributed by atoms with Gasteiger partial charge in [0, 0.05) is 33.8 Å². The van der Waals surface area contributed by atoms with Gasteiger partial charge in [-0.25, -0.2) is 4.39 Å². The summed E-state index contributed by atoms with van der Waals surface area (Å²) in [5.74, 6) is -4.50. The van der Waals surface area contributed by atoms with Crippen molar-refractivity contribution in [2.45, 2.75) is 58.4 Å².